The van der Waals surface area contributed by atoms with Gasteiger partial charge in [-0.15, -0.1) is 0 Å². The van der Waals surface area contributed by atoms with Crippen LogP contribution in [0.15, 0.2) is 6.07 Å². The number of fused-ring (bicyclic) bond motifs is 2. The van der Waals surface area contributed by atoms with Gasteiger partial charge in [-0.1, -0.05) is 0 Å². The number of carbonyl (C=O) groups is 1. The molecule has 2 N–H and O–H groups in total. The van der Waals surface area contributed by atoms with Gasteiger partial charge in [0.05, 0.1) is 5.97 Å². The quantitative estimate of drug-likeness (QED) is 0.596. The van der Waals surface area contributed by atoms with Crippen LogP contribution < -0.4 is 40.4 Å². The molecule has 0 aliphatic heterocycles. The minimum atomic E-state index is -1.23. The number of anilines is 1. The van der Waals surface area contributed by atoms with Crippen molar-refractivity contribution in [1.29, 1.82) is 0 Å². The van der Waals surface area contributed by atoms with Gasteiger partial charge in [0.2, 0.25) is 0 Å². The van der Waals surface area contributed by atoms with E-state index in [-0.39, 0.29) is 35.1 Å². The van der Waals surface area contributed by atoms with Crippen LogP contribution in [-0.4, -0.2) is 15.9 Å². The second-order valence-electron chi connectivity index (χ2n) is 4.94. The van der Waals surface area contributed by atoms with Crippen molar-refractivity contribution in [1.82, 2.24) is 9.97 Å². The van der Waals surface area contributed by atoms with Crippen LogP contribution in [0.25, 0.3) is 11.0 Å². The molecular formula is C14H14N3NaO2. The fourth-order valence-electron chi connectivity index (χ4n) is 2.68. The van der Waals surface area contributed by atoms with Gasteiger partial charge in [-0.05, 0) is 44.2 Å². The first-order valence-electron chi connectivity index (χ1n) is 6.38. The Labute approximate surface area is 138 Å². The number of hydrogen-bond donors (Lipinski definition) is 1. The monoisotopic (exact) mass is 279 g/mol. The molecule has 0 saturated carbocycles. The van der Waals surface area contributed by atoms with Crippen molar-refractivity contribution in [3.8, 4) is 0 Å². The first-order chi connectivity index (χ1) is 9.08. The minimum absolute atomic E-state index is 0. The van der Waals surface area contributed by atoms with Gasteiger partial charge in [-0.25, -0.2) is 9.97 Å². The van der Waals surface area contributed by atoms with Gasteiger partial charge >= 0.3 is 29.6 Å². The van der Waals surface area contributed by atoms with E-state index in [2.05, 4.69) is 9.97 Å². The molecule has 0 atom stereocenters. The van der Waals surface area contributed by atoms with Crippen LogP contribution in [0, 0.1) is 6.92 Å². The van der Waals surface area contributed by atoms with Crippen LogP contribution in [-0.2, 0) is 12.8 Å². The van der Waals surface area contributed by atoms with E-state index in [1.165, 1.54) is 6.07 Å². The topological polar surface area (TPSA) is 91.9 Å². The predicted octanol–water partition coefficient (Wildman–Crippen LogP) is -2.23. The van der Waals surface area contributed by atoms with Crippen molar-refractivity contribution in [3.63, 3.8) is 0 Å². The molecule has 0 amide bonds. The number of carboxylic acid groups (broad SMARTS) is 1. The molecule has 0 radical (unpaired) electrons. The van der Waals surface area contributed by atoms with E-state index in [1.54, 1.807) is 6.92 Å². The first-order valence-corrected chi connectivity index (χ1v) is 6.38. The maximum atomic E-state index is 11.1. The molecule has 20 heavy (non-hydrogen) atoms. The average Bonchev–Trinajstić information content (AvgIpc) is 2.38. The predicted molar refractivity (Wildman–Crippen MR) is 69.7 cm³/mol. The Kier molecular flexibility index (Phi) is 4.32. The summed E-state index contributed by atoms with van der Waals surface area (Å²) in [7, 11) is 0. The maximum absolute atomic E-state index is 11.1. The van der Waals surface area contributed by atoms with Crippen LogP contribution >= 0.6 is 0 Å². The van der Waals surface area contributed by atoms with Gasteiger partial charge in [0, 0.05) is 28.0 Å². The Bertz CT molecular complexity index is 701. The normalized spacial score (nSPS) is 13.7. The molecule has 0 aromatic carbocycles. The Balaban J connectivity index is 0.00000147. The zero-order valence-electron chi connectivity index (χ0n) is 11.7. The third-order valence-electron chi connectivity index (χ3n) is 3.71. The Morgan fingerprint density at radius 1 is 1.30 bits per heavy atom. The molecule has 0 saturated heterocycles. The molecular weight excluding hydrogens is 265 g/mol. The minimum Gasteiger partial charge on any atom is -0.545 e. The molecule has 5 nitrogen and oxygen atoms in total. The van der Waals surface area contributed by atoms with E-state index >= 15 is 0 Å². The van der Waals surface area contributed by atoms with Crippen LogP contribution in [0.4, 0.5) is 5.69 Å². The summed E-state index contributed by atoms with van der Waals surface area (Å²) < 4.78 is 0. The fourth-order valence-corrected chi connectivity index (χ4v) is 2.68. The second-order valence-corrected chi connectivity index (χ2v) is 4.94. The smallest absolute Gasteiger partial charge is 0.545 e. The molecule has 0 unspecified atom stereocenters. The van der Waals surface area contributed by atoms with Crippen LogP contribution in [0.1, 0.15) is 40.2 Å². The molecule has 2 aromatic heterocycles. The molecule has 1 aliphatic rings. The van der Waals surface area contributed by atoms with Gasteiger partial charge in [0.25, 0.3) is 0 Å². The summed E-state index contributed by atoms with van der Waals surface area (Å²) in [6.45, 7) is 1.64. The van der Waals surface area contributed by atoms with Gasteiger partial charge in [-0.2, -0.15) is 0 Å². The Morgan fingerprint density at radius 3 is 2.70 bits per heavy atom. The van der Waals surface area contributed by atoms with Crippen LogP contribution in [0.2, 0.25) is 0 Å². The van der Waals surface area contributed by atoms with Crippen molar-refractivity contribution in [3.05, 3.63) is 28.6 Å². The maximum Gasteiger partial charge on any atom is 1.00 e. The summed E-state index contributed by atoms with van der Waals surface area (Å²) in [5.41, 5.74) is 9.86. The van der Waals surface area contributed by atoms with Crippen LogP contribution in [0.5, 0.6) is 0 Å². The number of nitrogens with zero attached hydrogens (tertiary/aromatic N) is 2. The number of pyridine rings is 2. The summed E-state index contributed by atoms with van der Waals surface area (Å²) in [5, 5.41) is 11.7. The van der Waals surface area contributed by atoms with E-state index in [9.17, 15) is 9.90 Å². The zero-order chi connectivity index (χ0) is 13.6. The van der Waals surface area contributed by atoms with Crippen molar-refractivity contribution < 1.29 is 39.5 Å². The van der Waals surface area contributed by atoms with Gasteiger partial charge in [0.15, 0.2) is 5.65 Å². The fraction of sp³-hybridized carbons (Fsp3) is 0.357. The molecule has 1 aliphatic carbocycles. The van der Waals surface area contributed by atoms with Crippen LogP contribution in [0.3, 0.4) is 0 Å². The largest absolute Gasteiger partial charge is 1.00 e. The Hall–Kier alpha value is -1.17. The molecule has 0 bridgehead atoms. The number of carboxylic acids is 1. The third-order valence-corrected chi connectivity index (χ3v) is 3.71. The average molecular weight is 279 g/mol. The number of hydrogen-bond acceptors (Lipinski definition) is 5. The molecule has 98 valence electrons. The molecule has 3 rings (SSSR count). The summed E-state index contributed by atoms with van der Waals surface area (Å²) >= 11 is 0. The summed E-state index contributed by atoms with van der Waals surface area (Å²) in [4.78, 5) is 19.8. The number of aryl methyl sites for hydroxylation is 2. The molecule has 2 heterocycles. The van der Waals surface area contributed by atoms with Crippen molar-refractivity contribution in [2.45, 2.75) is 32.6 Å². The summed E-state index contributed by atoms with van der Waals surface area (Å²) in [6, 6.07) is 1.53. The van der Waals surface area contributed by atoms with E-state index in [0.717, 1.165) is 36.9 Å². The standard InChI is InChI=1S/C14H15N3O2.Na/c1-7-9(14(18)19)6-10-12(15)8-4-2-3-5-11(8)17-13(10)16-7;/h6H,2-5H2,1H3,(H,18,19)(H2,15,16,17);/q;+1/p-1. The summed E-state index contributed by atoms with van der Waals surface area (Å²) in [5.74, 6) is -1.23. The van der Waals surface area contributed by atoms with E-state index in [1.807, 2.05) is 0 Å². The van der Waals surface area contributed by atoms with E-state index in [0.29, 0.717) is 22.4 Å². The van der Waals surface area contributed by atoms with Gasteiger partial charge in [-0.3, -0.25) is 0 Å². The van der Waals surface area contributed by atoms with E-state index < -0.39 is 5.97 Å². The number of nitrogens with two attached hydrogens (primary N) is 1. The van der Waals surface area contributed by atoms with Crippen molar-refractivity contribution in [2.75, 3.05) is 5.73 Å². The molecule has 2 aromatic rings. The second kappa shape index (κ2) is 5.68. The van der Waals surface area contributed by atoms with Gasteiger partial charge in [0.1, 0.15) is 0 Å². The zero-order valence-corrected chi connectivity index (χ0v) is 13.7. The number of aromatic carboxylic acids is 1. The first kappa shape index (κ1) is 15.2. The number of aromatic nitrogens is 2. The third kappa shape index (κ3) is 2.41. The van der Waals surface area contributed by atoms with Gasteiger partial charge < -0.3 is 15.6 Å². The molecule has 0 spiro atoms. The van der Waals surface area contributed by atoms with Crippen molar-refractivity contribution in [2.24, 2.45) is 0 Å². The SMILES string of the molecule is Cc1nc2nc3c(c(N)c2cc1C(=O)[O-])CCCC3.[Na+]. The molecule has 0 fully saturated rings. The Morgan fingerprint density at radius 2 is 2.00 bits per heavy atom. The van der Waals surface area contributed by atoms with E-state index in [4.69, 9.17) is 5.73 Å². The number of nitrogen functional groups attached to an aromatic ring is 1. The summed E-state index contributed by atoms with van der Waals surface area (Å²) in [6.07, 6.45) is 4.02. The molecule has 6 heteroatoms. The van der Waals surface area contributed by atoms with Crippen molar-refractivity contribution >= 4 is 22.7 Å². The number of rotatable bonds is 1. The number of carbonyl (C=O) groups excluding carboxylic acids is 1.